The molecule has 0 radical (unpaired) electrons. The van der Waals surface area contributed by atoms with Crippen LogP contribution in [0.25, 0.3) is 0 Å². The van der Waals surface area contributed by atoms with E-state index in [1.165, 1.54) is 6.21 Å². The molecule has 0 heterocycles. The monoisotopic (exact) mass is 449 g/mol. The molecule has 2 amide bonds. The van der Waals surface area contributed by atoms with Crippen LogP contribution < -0.4 is 15.5 Å². The number of rotatable bonds is 9. The van der Waals surface area contributed by atoms with Crippen molar-refractivity contribution >= 4 is 35.3 Å². The van der Waals surface area contributed by atoms with Gasteiger partial charge in [-0.15, -0.1) is 0 Å². The lowest BCUT2D eigenvalue weighted by Gasteiger charge is -2.10. The SMILES string of the molecule is CCc1ccccc1NC(=O)CC(=O)NN=Cc1ccccc1OCc1ccccc1Cl. The maximum absolute atomic E-state index is 12.2. The van der Waals surface area contributed by atoms with Gasteiger partial charge in [0.05, 0.1) is 6.21 Å². The molecule has 0 saturated heterocycles. The number of para-hydroxylation sites is 2. The first-order valence-corrected chi connectivity index (χ1v) is 10.6. The molecule has 3 aromatic rings. The van der Waals surface area contributed by atoms with Gasteiger partial charge < -0.3 is 10.1 Å². The van der Waals surface area contributed by atoms with Crippen LogP contribution in [0.15, 0.2) is 77.9 Å². The minimum Gasteiger partial charge on any atom is -0.488 e. The molecule has 0 saturated carbocycles. The molecule has 6 nitrogen and oxygen atoms in total. The van der Waals surface area contributed by atoms with Crippen molar-refractivity contribution in [3.8, 4) is 5.75 Å². The maximum atomic E-state index is 12.2. The number of nitrogens with zero attached hydrogens (tertiary/aromatic N) is 1. The van der Waals surface area contributed by atoms with Gasteiger partial charge in [-0.1, -0.05) is 67.1 Å². The Morgan fingerprint density at radius 3 is 2.41 bits per heavy atom. The average molecular weight is 450 g/mol. The minimum atomic E-state index is -0.512. The first-order valence-electron chi connectivity index (χ1n) is 10.2. The molecule has 0 aliphatic heterocycles. The smallest absolute Gasteiger partial charge is 0.249 e. The second-order valence-electron chi connectivity index (χ2n) is 6.95. The summed E-state index contributed by atoms with van der Waals surface area (Å²) in [5, 5.41) is 7.35. The third-order valence-corrected chi connectivity index (χ3v) is 5.02. The molecule has 0 unspecified atom stereocenters. The number of ether oxygens (including phenoxy) is 1. The van der Waals surface area contributed by atoms with Gasteiger partial charge in [-0.2, -0.15) is 5.10 Å². The molecule has 0 aliphatic carbocycles. The molecule has 3 aromatic carbocycles. The predicted octanol–water partition coefficient (Wildman–Crippen LogP) is 4.96. The van der Waals surface area contributed by atoms with Crippen molar-refractivity contribution in [2.45, 2.75) is 26.4 Å². The fourth-order valence-corrected chi connectivity index (χ4v) is 3.18. The first-order chi connectivity index (χ1) is 15.6. The highest BCUT2D eigenvalue weighted by Gasteiger charge is 2.11. The van der Waals surface area contributed by atoms with E-state index in [0.717, 1.165) is 17.5 Å². The van der Waals surface area contributed by atoms with E-state index < -0.39 is 11.8 Å². The van der Waals surface area contributed by atoms with E-state index in [9.17, 15) is 9.59 Å². The molecule has 0 fully saturated rings. The summed E-state index contributed by atoms with van der Waals surface area (Å²) in [4.78, 5) is 24.3. The minimum absolute atomic E-state index is 0.302. The maximum Gasteiger partial charge on any atom is 0.249 e. The van der Waals surface area contributed by atoms with Gasteiger partial charge in [-0.3, -0.25) is 9.59 Å². The van der Waals surface area contributed by atoms with Crippen molar-refractivity contribution in [3.05, 3.63) is 94.5 Å². The fraction of sp³-hybridized carbons (Fsp3) is 0.160. The van der Waals surface area contributed by atoms with E-state index in [1.54, 1.807) is 12.1 Å². The molecule has 0 bridgehead atoms. The number of anilines is 1. The number of hydrazone groups is 1. The van der Waals surface area contributed by atoms with Crippen LogP contribution in [0.3, 0.4) is 0 Å². The lowest BCUT2D eigenvalue weighted by molar-refractivity contribution is -0.126. The van der Waals surface area contributed by atoms with Gasteiger partial charge in [0.15, 0.2) is 0 Å². The third-order valence-electron chi connectivity index (χ3n) is 4.65. The van der Waals surface area contributed by atoms with Crippen molar-refractivity contribution in [1.82, 2.24) is 5.43 Å². The Morgan fingerprint density at radius 1 is 0.938 bits per heavy atom. The van der Waals surface area contributed by atoms with Crippen LogP contribution in [0.2, 0.25) is 5.02 Å². The number of hydrogen-bond acceptors (Lipinski definition) is 4. The Labute approximate surface area is 192 Å². The van der Waals surface area contributed by atoms with Crippen LogP contribution in [-0.2, 0) is 22.6 Å². The summed E-state index contributed by atoms with van der Waals surface area (Å²) in [6, 6.07) is 22.2. The molecule has 0 atom stereocenters. The van der Waals surface area contributed by atoms with Crippen molar-refractivity contribution < 1.29 is 14.3 Å². The lowest BCUT2D eigenvalue weighted by Crippen LogP contribution is -2.25. The fourth-order valence-electron chi connectivity index (χ4n) is 2.99. The summed E-state index contributed by atoms with van der Waals surface area (Å²) < 4.78 is 5.86. The molecule has 0 aromatic heterocycles. The van der Waals surface area contributed by atoms with Crippen LogP contribution in [0, 0.1) is 0 Å². The average Bonchev–Trinajstić information content (AvgIpc) is 2.79. The molecule has 32 heavy (non-hydrogen) atoms. The Balaban J connectivity index is 1.53. The number of benzene rings is 3. The van der Waals surface area contributed by atoms with E-state index in [2.05, 4.69) is 15.8 Å². The van der Waals surface area contributed by atoms with Gasteiger partial charge in [0, 0.05) is 21.8 Å². The third kappa shape index (κ3) is 6.68. The van der Waals surface area contributed by atoms with E-state index in [-0.39, 0.29) is 6.42 Å². The van der Waals surface area contributed by atoms with Crippen molar-refractivity contribution in [2.75, 3.05) is 5.32 Å². The molecular formula is C25H24ClN3O3. The van der Waals surface area contributed by atoms with E-state index in [1.807, 2.05) is 67.6 Å². The van der Waals surface area contributed by atoms with Crippen molar-refractivity contribution in [3.63, 3.8) is 0 Å². The molecule has 7 heteroatoms. The molecular weight excluding hydrogens is 426 g/mol. The summed E-state index contributed by atoms with van der Waals surface area (Å²) in [6.45, 7) is 2.30. The van der Waals surface area contributed by atoms with Crippen molar-refractivity contribution in [2.24, 2.45) is 5.10 Å². The molecule has 3 rings (SSSR count). The van der Waals surface area contributed by atoms with Crippen LogP contribution >= 0.6 is 11.6 Å². The highest BCUT2D eigenvalue weighted by atomic mass is 35.5. The molecule has 0 aliphatic rings. The number of nitrogens with one attached hydrogen (secondary N) is 2. The van der Waals surface area contributed by atoms with E-state index in [0.29, 0.717) is 28.6 Å². The Hall–Kier alpha value is -3.64. The predicted molar refractivity (Wildman–Crippen MR) is 127 cm³/mol. The molecule has 164 valence electrons. The summed E-state index contributed by atoms with van der Waals surface area (Å²) in [7, 11) is 0. The number of amides is 2. The number of aryl methyl sites for hydroxylation is 1. The lowest BCUT2D eigenvalue weighted by atomic mass is 10.1. The van der Waals surface area contributed by atoms with Crippen LogP contribution in [0.1, 0.15) is 30.0 Å². The summed E-state index contributed by atoms with van der Waals surface area (Å²) in [5.41, 5.74) is 5.64. The Bertz CT molecular complexity index is 1110. The zero-order valence-electron chi connectivity index (χ0n) is 17.7. The second kappa shape index (κ2) is 11.7. The molecule has 2 N–H and O–H groups in total. The van der Waals surface area contributed by atoms with Gasteiger partial charge in [-0.05, 0) is 36.2 Å². The second-order valence-corrected chi connectivity index (χ2v) is 7.35. The number of hydrogen-bond donors (Lipinski definition) is 2. The standard InChI is InChI=1S/C25H24ClN3O3/c1-2-18-9-4-7-13-22(18)28-24(30)15-25(31)29-27-16-19-10-5-8-14-23(19)32-17-20-11-3-6-12-21(20)26/h3-14,16H,2,15,17H2,1H3,(H,28,30)(H,29,31). The largest absolute Gasteiger partial charge is 0.488 e. The van der Waals surface area contributed by atoms with Gasteiger partial charge in [0.2, 0.25) is 11.8 Å². The summed E-state index contributed by atoms with van der Waals surface area (Å²) in [6.07, 6.45) is 1.93. The van der Waals surface area contributed by atoms with Gasteiger partial charge in [-0.25, -0.2) is 5.43 Å². The number of halogens is 1. The Morgan fingerprint density at radius 2 is 1.62 bits per heavy atom. The van der Waals surface area contributed by atoms with E-state index >= 15 is 0 Å². The first kappa shape index (κ1) is 23.0. The highest BCUT2D eigenvalue weighted by Crippen LogP contribution is 2.21. The highest BCUT2D eigenvalue weighted by molar-refractivity contribution is 6.31. The van der Waals surface area contributed by atoms with E-state index in [4.69, 9.17) is 16.3 Å². The zero-order valence-corrected chi connectivity index (χ0v) is 18.4. The Kier molecular flexibility index (Phi) is 8.40. The number of carbonyl (C=O) groups is 2. The normalized spacial score (nSPS) is 10.7. The van der Waals surface area contributed by atoms with Crippen LogP contribution in [0.4, 0.5) is 5.69 Å². The van der Waals surface area contributed by atoms with Crippen LogP contribution in [-0.4, -0.2) is 18.0 Å². The van der Waals surface area contributed by atoms with Crippen LogP contribution in [0.5, 0.6) is 5.75 Å². The molecule has 0 spiro atoms. The van der Waals surface area contributed by atoms with Crippen molar-refractivity contribution in [1.29, 1.82) is 0 Å². The zero-order chi connectivity index (χ0) is 22.8. The van der Waals surface area contributed by atoms with Gasteiger partial charge in [0.25, 0.3) is 0 Å². The van der Waals surface area contributed by atoms with Gasteiger partial charge in [0.1, 0.15) is 18.8 Å². The quantitative estimate of drug-likeness (QED) is 0.275. The van der Waals surface area contributed by atoms with Gasteiger partial charge >= 0.3 is 0 Å². The summed E-state index contributed by atoms with van der Waals surface area (Å²) in [5.74, 6) is -0.316. The summed E-state index contributed by atoms with van der Waals surface area (Å²) >= 11 is 6.17. The number of carbonyl (C=O) groups excluding carboxylic acids is 2. The topological polar surface area (TPSA) is 79.8 Å².